The molecule has 0 radical (unpaired) electrons. The molecule has 0 nitrogen and oxygen atoms in total. The fraction of sp³-hybridized carbons (Fsp3) is 0.333. The minimum Gasteiger partial charge on any atom is -0.0980 e. The Hall–Kier alpha value is -0.950. The van der Waals surface area contributed by atoms with Gasteiger partial charge in [0.25, 0.3) is 0 Å². The van der Waals surface area contributed by atoms with Crippen LogP contribution in [-0.4, -0.2) is 0 Å². The van der Waals surface area contributed by atoms with Crippen LogP contribution in [0.25, 0.3) is 0 Å². The molecule has 0 heterocycles. The van der Waals surface area contributed by atoms with Crippen molar-refractivity contribution < 1.29 is 0 Å². The second kappa shape index (κ2) is 8.23. The van der Waals surface area contributed by atoms with Gasteiger partial charge < -0.3 is 0 Å². The predicted octanol–water partition coefficient (Wildman–Crippen LogP) is 5.43. The number of allylic oxidation sites excluding steroid dienone is 2. The van der Waals surface area contributed by atoms with Crippen LogP contribution in [0.5, 0.6) is 0 Å². The molecule has 0 aliphatic carbocycles. The number of unbranched alkanes of at least 4 members (excludes halogenated alkanes) is 3. The smallest absolute Gasteiger partial charge is 0.0122 e. The maximum atomic E-state index is 3.87. The van der Waals surface area contributed by atoms with E-state index < -0.39 is 0 Å². The van der Waals surface area contributed by atoms with Gasteiger partial charge in [-0.25, -0.2) is 0 Å². The minimum absolute atomic E-state index is 1.16. The Bertz CT molecular complexity index is 325. The van der Waals surface area contributed by atoms with Gasteiger partial charge >= 0.3 is 0 Å². The topological polar surface area (TPSA) is 0 Å². The molecule has 1 aromatic carbocycles. The van der Waals surface area contributed by atoms with Gasteiger partial charge in [-0.3, -0.25) is 0 Å². The Morgan fingerprint density at radius 2 is 2.00 bits per heavy atom. The molecule has 0 bridgehead atoms. The second-order valence-electron chi connectivity index (χ2n) is 3.72. The van der Waals surface area contributed by atoms with Crippen molar-refractivity contribution in [2.24, 2.45) is 0 Å². The third-order valence-corrected chi connectivity index (χ3v) is 3.41. The van der Waals surface area contributed by atoms with E-state index in [1.807, 2.05) is 12.1 Å². The Labute approximate surface area is 103 Å². The zero-order chi connectivity index (χ0) is 11.6. The number of hydrogen-bond donors (Lipinski definition) is 0. The quantitative estimate of drug-likeness (QED) is 0.343. The van der Waals surface area contributed by atoms with Gasteiger partial charge in [0.15, 0.2) is 0 Å². The number of benzene rings is 1. The summed E-state index contributed by atoms with van der Waals surface area (Å²) in [4.78, 5) is 2.55. The molecule has 0 atom stereocenters. The number of thioether (sulfide) groups is 1. The summed E-state index contributed by atoms with van der Waals surface area (Å²) in [5, 5.41) is 0. The molecule has 0 fully saturated rings. The highest BCUT2D eigenvalue weighted by Gasteiger charge is 1.95. The lowest BCUT2D eigenvalue weighted by Crippen LogP contribution is -1.76. The summed E-state index contributed by atoms with van der Waals surface area (Å²) < 4.78 is 0. The largest absolute Gasteiger partial charge is 0.0980 e. The molecule has 0 aliphatic rings. The van der Waals surface area contributed by atoms with E-state index >= 15 is 0 Å². The van der Waals surface area contributed by atoms with E-state index in [4.69, 9.17) is 0 Å². The first kappa shape index (κ1) is 13.1. The van der Waals surface area contributed by atoms with E-state index in [0.717, 1.165) is 6.42 Å². The lowest BCUT2D eigenvalue weighted by atomic mass is 10.2. The lowest BCUT2D eigenvalue weighted by Gasteiger charge is -2.02. The summed E-state index contributed by atoms with van der Waals surface area (Å²) in [5.41, 5.74) is 0. The van der Waals surface area contributed by atoms with Crippen molar-refractivity contribution >= 4 is 11.8 Å². The van der Waals surface area contributed by atoms with Crippen LogP contribution >= 0.6 is 11.8 Å². The molecule has 0 aromatic heterocycles. The van der Waals surface area contributed by atoms with Crippen LogP contribution in [-0.2, 0) is 0 Å². The Morgan fingerprint density at radius 1 is 1.25 bits per heavy atom. The standard InChI is InChI=1S/C15H20S/c1-3-5-6-8-11-14(4-2)16-15-12-9-7-10-13-15/h4,7,9-13H,2-3,5-6,8H2,1H3/b14-11+. The van der Waals surface area contributed by atoms with Crippen molar-refractivity contribution in [1.29, 1.82) is 0 Å². The molecule has 1 heteroatoms. The summed E-state index contributed by atoms with van der Waals surface area (Å²) in [5.74, 6) is 0. The van der Waals surface area contributed by atoms with Crippen LogP contribution in [0.2, 0.25) is 0 Å². The first-order valence-corrected chi connectivity index (χ1v) is 6.74. The fourth-order valence-corrected chi connectivity index (χ4v) is 2.28. The van der Waals surface area contributed by atoms with Crippen LogP contribution in [0.4, 0.5) is 0 Å². The van der Waals surface area contributed by atoms with E-state index in [1.54, 1.807) is 11.8 Å². The molecule has 0 amide bonds. The molecular weight excluding hydrogens is 212 g/mol. The summed E-state index contributed by atoms with van der Waals surface area (Å²) in [6.07, 6.45) is 9.28. The molecule has 1 rings (SSSR count). The van der Waals surface area contributed by atoms with Gasteiger partial charge in [-0.2, -0.15) is 0 Å². The lowest BCUT2D eigenvalue weighted by molar-refractivity contribution is 0.729. The molecule has 16 heavy (non-hydrogen) atoms. The van der Waals surface area contributed by atoms with Gasteiger partial charge in [-0.1, -0.05) is 68.5 Å². The molecule has 0 saturated heterocycles. The molecule has 0 aliphatic heterocycles. The molecule has 86 valence electrons. The van der Waals surface area contributed by atoms with Crippen LogP contribution < -0.4 is 0 Å². The van der Waals surface area contributed by atoms with Crippen molar-refractivity contribution in [3.05, 3.63) is 54.0 Å². The van der Waals surface area contributed by atoms with Crippen molar-refractivity contribution in [3.63, 3.8) is 0 Å². The molecular formula is C15H20S. The van der Waals surface area contributed by atoms with E-state index in [-0.39, 0.29) is 0 Å². The van der Waals surface area contributed by atoms with Gasteiger partial charge in [0, 0.05) is 9.80 Å². The Kier molecular flexibility index (Phi) is 6.75. The number of rotatable bonds is 7. The first-order chi connectivity index (χ1) is 7.86. The predicted molar refractivity (Wildman–Crippen MR) is 74.7 cm³/mol. The normalized spacial score (nSPS) is 11.4. The van der Waals surface area contributed by atoms with Gasteiger partial charge in [0.05, 0.1) is 0 Å². The van der Waals surface area contributed by atoms with Crippen molar-refractivity contribution in [1.82, 2.24) is 0 Å². The van der Waals surface area contributed by atoms with Gasteiger partial charge in [-0.05, 0) is 25.0 Å². The zero-order valence-corrected chi connectivity index (χ0v) is 10.8. The highest BCUT2D eigenvalue weighted by atomic mass is 32.2. The minimum atomic E-state index is 1.16. The SMILES string of the molecule is C=C/C(=C\CCCCC)Sc1ccccc1. The highest BCUT2D eigenvalue weighted by Crippen LogP contribution is 2.27. The van der Waals surface area contributed by atoms with Crippen molar-refractivity contribution in [2.75, 3.05) is 0 Å². The first-order valence-electron chi connectivity index (χ1n) is 5.92. The highest BCUT2D eigenvalue weighted by molar-refractivity contribution is 8.03. The average molecular weight is 232 g/mol. The molecule has 0 unspecified atom stereocenters. The zero-order valence-electron chi connectivity index (χ0n) is 9.99. The van der Waals surface area contributed by atoms with Crippen LogP contribution in [0.15, 0.2) is 58.9 Å². The number of hydrogen-bond acceptors (Lipinski definition) is 1. The van der Waals surface area contributed by atoms with Gasteiger partial charge in [0.2, 0.25) is 0 Å². The van der Waals surface area contributed by atoms with Crippen LogP contribution in [0.3, 0.4) is 0 Å². The average Bonchev–Trinajstić information content (AvgIpc) is 2.34. The van der Waals surface area contributed by atoms with E-state index in [0.29, 0.717) is 0 Å². The third kappa shape index (κ3) is 5.22. The Morgan fingerprint density at radius 3 is 2.62 bits per heavy atom. The van der Waals surface area contributed by atoms with Crippen molar-refractivity contribution in [3.8, 4) is 0 Å². The Balaban J connectivity index is 2.45. The maximum Gasteiger partial charge on any atom is 0.0122 e. The summed E-state index contributed by atoms with van der Waals surface area (Å²) in [6, 6.07) is 10.4. The summed E-state index contributed by atoms with van der Waals surface area (Å²) >= 11 is 1.79. The summed E-state index contributed by atoms with van der Waals surface area (Å²) in [6.45, 7) is 6.10. The molecule has 0 saturated carbocycles. The van der Waals surface area contributed by atoms with E-state index in [1.165, 1.54) is 29.1 Å². The second-order valence-corrected chi connectivity index (χ2v) is 4.87. The molecule has 0 N–H and O–H groups in total. The monoisotopic (exact) mass is 232 g/mol. The van der Waals surface area contributed by atoms with Crippen LogP contribution in [0, 0.1) is 0 Å². The maximum absolute atomic E-state index is 3.87. The fourth-order valence-electron chi connectivity index (χ4n) is 1.43. The van der Waals surface area contributed by atoms with Gasteiger partial charge in [-0.15, -0.1) is 0 Å². The molecule has 0 spiro atoms. The van der Waals surface area contributed by atoms with Crippen LogP contribution in [0.1, 0.15) is 32.6 Å². The van der Waals surface area contributed by atoms with Crippen molar-refractivity contribution in [2.45, 2.75) is 37.5 Å². The van der Waals surface area contributed by atoms with E-state index in [9.17, 15) is 0 Å². The summed E-state index contributed by atoms with van der Waals surface area (Å²) in [7, 11) is 0. The van der Waals surface area contributed by atoms with E-state index in [2.05, 4.69) is 43.8 Å². The van der Waals surface area contributed by atoms with Gasteiger partial charge in [0.1, 0.15) is 0 Å². The third-order valence-electron chi connectivity index (χ3n) is 2.33. The molecule has 1 aromatic rings.